The van der Waals surface area contributed by atoms with Crippen LogP contribution in [0.4, 0.5) is 5.69 Å². The third-order valence-electron chi connectivity index (χ3n) is 3.77. The van der Waals surface area contributed by atoms with Crippen LogP contribution in [0.25, 0.3) is 10.6 Å². The van der Waals surface area contributed by atoms with Gasteiger partial charge in [0.05, 0.1) is 21.5 Å². The molecule has 0 unspecified atom stereocenters. The van der Waals surface area contributed by atoms with Gasteiger partial charge in [-0.2, -0.15) is 5.10 Å². The zero-order valence-corrected chi connectivity index (χ0v) is 12.5. The van der Waals surface area contributed by atoms with Crippen LogP contribution < -0.4 is 5.32 Å². The number of hydrogen-bond acceptors (Lipinski definition) is 5. The summed E-state index contributed by atoms with van der Waals surface area (Å²) < 4.78 is 0. The van der Waals surface area contributed by atoms with E-state index in [2.05, 4.69) is 15.5 Å². The Morgan fingerprint density at radius 2 is 2.13 bits per heavy atom. The van der Waals surface area contributed by atoms with Crippen molar-refractivity contribution in [2.75, 3.05) is 0 Å². The lowest BCUT2D eigenvalue weighted by atomic mass is 9.99. The summed E-state index contributed by atoms with van der Waals surface area (Å²) in [7, 11) is 0. The highest BCUT2D eigenvalue weighted by atomic mass is 32.1. The van der Waals surface area contributed by atoms with Crippen LogP contribution in [0.3, 0.4) is 0 Å². The summed E-state index contributed by atoms with van der Waals surface area (Å²) >= 11 is 1.53. The van der Waals surface area contributed by atoms with Crippen LogP contribution in [0.1, 0.15) is 27.7 Å². The molecule has 4 rings (SSSR count). The van der Waals surface area contributed by atoms with Gasteiger partial charge in [0, 0.05) is 17.7 Å². The average Bonchev–Trinajstić information content (AvgIpc) is 3.25. The van der Waals surface area contributed by atoms with Gasteiger partial charge in [-0.05, 0) is 17.0 Å². The number of nitrogens with zero attached hydrogens (tertiary/aromatic N) is 2. The third kappa shape index (κ3) is 2.11. The van der Waals surface area contributed by atoms with E-state index in [0.717, 1.165) is 16.1 Å². The van der Waals surface area contributed by atoms with Gasteiger partial charge in [0.1, 0.15) is 0 Å². The van der Waals surface area contributed by atoms with Crippen molar-refractivity contribution in [3.63, 3.8) is 0 Å². The fourth-order valence-electron chi connectivity index (χ4n) is 2.75. The summed E-state index contributed by atoms with van der Waals surface area (Å²) in [5, 5.41) is 22.8. The molecule has 0 saturated carbocycles. The molecule has 0 aliphatic carbocycles. The van der Waals surface area contributed by atoms with Gasteiger partial charge in [0.2, 0.25) is 0 Å². The molecule has 0 fully saturated rings. The van der Waals surface area contributed by atoms with E-state index in [1.165, 1.54) is 23.5 Å². The molecule has 0 spiro atoms. The van der Waals surface area contributed by atoms with E-state index in [0.29, 0.717) is 11.3 Å². The van der Waals surface area contributed by atoms with Crippen LogP contribution >= 0.6 is 11.3 Å². The fourth-order valence-corrected chi connectivity index (χ4v) is 3.49. The number of amides is 1. The van der Waals surface area contributed by atoms with Crippen molar-refractivity contribution in [1.29, 1.82) is 0 Å². The van der Waals surface area contributed by atoms with Crippen molar-refractivity contribution in [1.82, 2.24) is 15.5 Å². The number of aromatic amines is 1. The summed E-state index contributed by atoms with van der Waals surface area (Å²) in [6, 6.07) is 9.68. The highest BCUT2D eigenvalue weighted by molar-refractivity contribution is 7.13. The minimum absolute atomic E-state index is 0.00799. The van der Waals surface area contributed by atoms with E-state index in [9.17, 15) is 14.9 Å². The number of nitrogens with one attached hydrogen (secondary N) is 2. The van der Waals surface area contributed by atoms with Crippen molar-refractivity contribution in [3.8, 4) is 10.6 Å². The number of hydrogen-bond donors (Lipinski definition) is 2. The largest absolute Gasteiger partial charge is 0.340 e. The number of nitro benzene ring substituents is 1. The Hall–Kier alpha value is -3.00. The van der Waals surface area contributed by atoms with Gasteiger partial charge < -0.3 is 5.32 Å². The van der Waals surface area contributed by atoms with E-state index >= 15 is 0 Å². The molecule has 3 aromatic rings. The Bertz CT molecular complexity index is 917. The number of benzene rings is 1. The monoisotopic (exact) mass is 326 g/mol. The summed E-state index contributed by atoms with van der Waals surface area (Å²) in [5.74, 6) is -0.282. The van der Waals surface area contributed by atoms with Crippen LogP contribution in [0, 0.1) is 10.1 Å². The van der Waals surface area contributed by atoms with E-state index < -0.39 is 11.0 Å². The first-order valence-corrected chi connectivity index (χ1v) is 7.70. The van der Waals surface area contributed by atoms with E-state index in [1.807, 2.05) is 17.5 Å². The molecule has 23 heavy (non-hydrogen) atoms. The van der Waals surface area contributed by atoms with Crippen molar-refractivity contribution in [2.24, 2.45) is 0 Å². The van der Waals surface area contributed by atoms with Gasteiger partial charge in [-0.15, -0.1) is 11.3 Å². The predicted molar refractivity (Wildman–Crippen MR) is 84.3 cm³/mol. The second kappa shape index (κ2) is 5.03. The Kier molecular flexibility index (Phi) is 2.98. The fraction of sp³-hybridized carbons (Fsp3) is 0.0667. The average molecular weight is 326 g/mol. The number of carbonyl (C=O) groups excluding carboxylic acids is 1. The molecule has 1 aliphatic rings. The number of fused-ring (bicyclic) bond motifs is 1. The van der Waals surface area contributed by atoms with Gasteiger partial charge in [-0.1, -0.05) is 18.2 Å². The summed E-state index contributed by atoms with van der Waals surface area (Å²) in [5.41, 5.74) is 2.49. The molecule has 0 radical (unpaired) electrons. The number of thiophene rings is 1. The normalized spacial score (nSPS) is 16.2. The summed E-state index contributed by atoms with van der Waals surface area (Å²) in [6.45, 7) is 0. The number of H-pyrrole nitrogens is 1. The number of aromatic nitrogens is 2. The minimum atomic E-state index is -0.451. The molecular formula is C15H10N4O3S. The lowest BCUT2D eigenvalue weighted by Crippen LogP contribution is -2.21. The SMILES string of the molecule is O=C1N[C@H](c2cccc([N+](=O)[O-])c2)c2c1n[nH]c2-c1cccs1. The molecule has 1 atom stereocenters. The predicted octanol–water partition coefficient (Wildman–Crippen LogP) is 2.88. The molecule has 1 amide bonds. The van der Waals surface area contributed by atoms with Gasteiger partial charge in [0.15, 0.2) is 5.69 Å². The molecule has 1 aromatic carbocycles. The van der Waals surface area contributed by atoms with Crippen molar-refractivity contribution >= 4 is 22.9 Å². The third-order valence-corrected chi connectivity index (χ3v) is 4.65. The molecule has 7 nitrogen and oxygen atoms in total. The van der Waals surface area contributed by atoms with Crippen molar-refractivity contribution in [3.05, 3.63) is 68.7 Å². The first kappa shape index (κ1) is 13.6. The first-order chi connectivity index (χ1) is 11.1. The maximum absolute atomic E-state index is 12.1. The van der Waals surface area contributed by atoms with Crippen LogP contribution in [0.15, 0.2) is 41.8 Å². The van der Waals surface area contributed by atoms with E-state index in [1.54, 1.807) is 12.1 Å². The standard InChI is InChI=1S/C15H10N4O3S/c20-15-14-11(13(17-18-14)10-5-2-6-23-10)12(16-15)8-3-1-4-9(7-8)19(21)22/h1-7,12H,(H,16,20)(H,17,18)/t12-/m1/s1. The molecular weight excluding hydrogens is 316 g/mol. The second-order valence-electron chi connectivity index (χ2n) is 5.10. The second-order valence-corrected chi connectivity index (χ2v) is 6.04. The van der Waals surface area contributed by atoms with Crippen molar-refractivity contribution < 1.29 is 9.72 Å². The van der Waals surface area contributed by atoms with E-state index in [4.69, 9.17) is 0 Å². The molecule has 2 aromatic heterocycles. The molecule has 8 heteroatoms. The molecule has 2 N–H and O–H groups in total. The maximum Gasteiger partial charge on any atom is 0.272 e. The van der Waals surface area contributed by atoms with Crippen LogP contribution in [0.2, 0.25) is 0 Å². The first-order valence-electron chi connectivity index (χ1n) is 6.82. The zero-order valence-electron chi connectivity index (χ0n) is 11.6. The molecule has 0 saturated heterocycles. The van der Waals surface area contributed by atoms with Crippen molar-refractivity contribution in [2.45, 2.75) is 6.04 Å². The van der Waals surface area contributed by atoms with Gasteiger partial charge >= 0.3 is 0 Å². The lowest BCUT2D eigenvalue weighted by molar-refractivity contribution is -0.384. The van der Waals surface area contributed by atoms with Gasteiger partial charge in [-0.25, -0.2) is 0 Å². The van der Waals surface area contributed by atoms with Gasteiger partial charge in [-0.3, -0.25) is 20.0 Å². The summed E-state index contributed by atoms with van der Waals surface area (Å²) in [4.78, 5) is 23.6. The smallest absolute Gasteiger partial charge is 0.272 e. The summed E-state index contributed by atoms with van der Waals surface area (Å²) in [6.07, 6.45) is 0. The van der Waals surface area contributed by atoms with E-state index in [-0.39, 0.29) is 11.6 Å². The van der Waals surface area contributed by atoms with Gasteiger partial charge in [0.25, 0.3) is 11.6 Å². The number of rotatable bonds is 3. The maximum atomic E-state index is 12.1. The number of non-ortho nitro benzene ring substituents is 1. The molecule has 114 valence electrons. The minimum Gasteiger partial charge on any atom is -0.340 e. The molecule has 3 heterocycles. The Morgan fingerprint density at radius 1 is 1.26 bits per heavy atom. The van der Waals surface area contributed by atoms with Crippen LogP contribution in [0.5, 0.6) is 0 Å². The molecule has 0 bridgehead atoms. The number of carbonyl (C=O) groups is 1. The lowest BCUT2D eigenvalue weighted by Gasteiger charge is -2.12. The Labute approximate surface area is 134 Å². The highest BCUT2D eigenvalue weighted by Crippen LogP contribution is 2.38. The number of nitro groups is 1. The Balaban J connectivity index is 1.85. The zero-order chi connectivity index (χ0) is 16.0. The quantitative estimate of drug-likeness (QED) is 0.571. The van der Waals surface area contributed by atoms with Crippen LogP contribution in [-0.4, -0.2) is 21.0 Å². The van der Waals surface area contributed by atoms with Crippen LogP contribution in [-0.2, 0) is 0 Å². The molecule has 1 aliphatic heterocycles. The topological polar surface area (TPSA) is 101 Å². The Morgan fingerprint density at radius 3 is 2.87 bits per heavy atom. The highest BCUT2D eigenvalue weighted by Gasteiger charge is 2.36.